The Morgan fingerprint density at radius 3 is 2.70 bits per heavy atom. The van der Waals surface area contributed by atoms with Gasteiger partial charge in [0.15, 0.2) is 0 Å². The number of halogens is 2. The molecule has 0 aliphatic carbocycles. The molecule has 4 heteroatoms. The van der Waals surface area contributed by atoms with Crippen LogP contribution < -0.4 is 10.1 Å². The Morgan fingerprint density at radius 1 is 1.25 bits per heavy atom. The van der Waals surface area contributed by atoms with Gasteiger partial charge in [0.1, 0.15) is 11.6 Å². The van der Waals surface area contributed by atoms with Crippen molar-refractivity contribution in [3.8, 4) is 5.75 Å². The largest absolute Gasteiger partial charge is 0.496 e. The van der Waals surface area contributed by atoms with Gasteiger partial charge in [-0.1, -0.05) is 29.8 Å². The SMILES string of the molecule is COc1ccccc1CC(C)Nc1ccc(F)cc1Cl. The fourth-order valence-electron chi connectivity index (χ4n) is 2.12. The second kappa shape index (κ2) is 6.62. The number of para-hydroxylation sites is 1. The zero-order chi connectivity index (χ0) is 14.5. The summed E-state index contributed by atoms with van der Waals surface area (Å²) in [6.07, 6.45) is 0.789. The van der Waals surface area contributed by atoms with Crippen molar-refractivity contribution in [3.63, 3.8) is 0 Å². The molecule has 1 atom stereocenters. The molecule has 2 aromatic carbocycles. The number of hydrogen-bond acceptors (Lipinski definition) is 2. The molecular formula is C16H17ClFNO. The highest BCUT2D eigenvalue weighted by molar-refractivity contribution is 6.33. The highest BCUT2D eigenvalue weighted by Gasteiger charge is 2.10. The van der Waals surface area contributed by atoms with Crippen molar-refractivity contribution < 1.29 is 9.13 Å². The van der Waals surface area contributed by atoms with Gasteiger partial charge in [-0.15, -0.1) is 0 Å². The zero-order valence-corrected chi connectivity index (χ0v) is 12.2. The van der Waals surface area contributed by atoms with Crippen LogP contribution in [0, 0.1) is 5.82 Å². The topological polar surface area (TPSA) is 21.3 Å². The monoisotopic (exact) mass is 293 g/mol. The maximum atomic E-state index is 13.0. The number of hydrogen-bond donors (Lipinski definition) is 1. The number of nitrogens with one attached hydrogen (secondary N) is 1. The Morgan fingerprint density at radius 2 is 2.00 bits per heavy atom. The molecule has 0 saturated carbocycles. The van der Waals surface area contributed by atoms with Crippen LogP contribution in [0.3, 0.4) is 0 Å². The number of benzene rings is 2. The van der Waals surface area contributed by atoms with E-state index in [1.807, 2.05) is 31.2 Å². The lowest BCUT2D eigenvalue weighted by atomic mass is 10.1. The number of rotatable bonds is 5. The third kappa shape index (κ3) is 3.64. The molecule has 2 aromatic rings. The maximum Gasteiger partial charge on any atom is 0.124 e. The lowest BCUT2D eigenvalue weighted by molar-refractivity contribution is 0.409. The standard InChI is InChI=1S/C16H17ClFNO/c1-11(9-12-5-3-4-6-16(12)20-2)19-15-8-7-13(18)10-14(15)17/h3-8,10-11,19H,9H2,1-2H3. The Balaban J connectivity index is 2.07. The Kier molecular flexibility index (Phi) is 4.85. The summed E-state index contributed by atoms with van der Waals surface area (Å²) >= 11 is 6.01. The zero-order valence-electron chi connectivity index (χ0n) is 11.5. The van der Waals surface area contributed by atoms with Gasteiger partial charge in [-0.2, -0.15) is 0 Å². The molecule has 0 aliphatic heterocycles. The first-order chi connectivity index (χ1) is 9.60. The molecule has 0 heterocycles. The van der Waals surface area contributed by atoms with Gasteiger partial charge < -0.3 is 10.1 Å². The van der Waals surface area contributed by atoms with Crippen LogP contribution in [-0.4, -0.2) is 13.2 Å². The Labute approximate surface area is 123 Å². The van der Waals surface area contributed by atoms with Crippen molar-refractivity contribution in [2.75, 3.05) is 12.4 Å². The molecule has 0 spiro atoms. The van der Waals surface area contributed by atoms with Crippen molar-refractivity contribution in [3.05, 3.63) is 58.9 Å². The first-order valence-corrected chi connectivity index (χ1v) is 6.81. The van der Waals surface area contributed by atoms with Crippen molar-refractivity contribution in [2.45, 2.75) is 19.4 Å². The van der Waals surface area contributed by atoms with Crippen LogP contribution in [0.5, 0.6) is 5.75 Å². The van der Waals surface area contributed by atoms with Crippen molar-refractivity contribution in [1.29, 1.82) is 0 Å². The van der Waals surface area contributed by atoms with Crippen LogP contribution in [-0.2, 0) is 6.42 Å². The fraction of sp³-hybridized carbons (Fsp3) is 0.250. The second-order valence-electron chi connectivity index (χ2n) is 4.69. The molecule has 0 aromatic heterocycles. The molecule has 2 rings (SSSR count). The van der Waals surface area contributed by atoms with Crippen LogP contribution >= 0.6 is 11.6 Å². The van der Waals surface area contributed by atoms with E-state index in [-0.39, 0.29) is 11.9 Å². The van der Waals surface area contributed by atoms with Gasteiger partial charge in [0.2, 0.25) is 0 Å². The average Bonchev–Trinajstić information content (AvgIpc) is 2.42. The summed E-state index contributed by atoms with van der Waals surface area (Å²) in [6.45, 7) is 2.05. The summed E-state index contributed by atoms with van der Waals surface area (Å²) in [7, 11) is 1.66. The van der Waals surface area contributed by atoms with E-state index < -0.39 is 0 Å². The third-order valence-corrected chi connectivity index (χ3v) is 3.36. The van der Waals surface area contributed by atoms with E-state index in [9.17, 15) is 4.39 Å². The second-order valence-corrected chi connectivity index (χ2v) is 5.09. The molecule has 1 unspecified atom stereocenters. The van der Waals surface area contributed by atoms with E-state index in [4.69, 9.17) is 16.3 Å². The minimum Gasteiger partial charge on any atom is -0.496 e. The summed E-state index contributed by atoms with van der Waals surface area (Å²) in [5.74, 6) is 0.532. The first kappa shape index (κ1) is 14.7. The number of methoxy groups -OCH3 is 1. The molecular weight excluding hydrogens is 277 g/mol. The van der Waals surface area contributed by atoms with Crippen molar-refractivity contribution in [1.82, 2.24) is 0 Å². The molecule has 0 bridgehead atoms. The summed E-state index contributed by atoms with van der Waals surface area (Å²) in [4.78, 5) is 0. The predicted molar refractivity (Wildman–Crippen MR) is 81.2 cm³/mol. The van der Waals surface area contributed by atoms with Crippen LogP contribution in [0.2, 0.25) is 5.02 Å². The van der Waals surface area contributed by atoms with E-state index >= 15 is 0 Å². The Bertz CT molecular complexity index is 588. The van der Waals surface area contributed by atoms with Crippen molar-refractivity contribution in [2.24, 2.45) is 0 Å². The van der Waals surface area contributed by atoms with Gasteiger partial charge in [-0.3, -0.25) is 0 Å². The molecule has 106 valence electrons. The normalized spacial score (nSPS) is 12.0. The van der Waals surface area contributed by atoms with Gasteiger partial charge in [0.05, 0.1) is 17.8 Å². The fourth-order valence-corrected chi connectivity index (χ4v) is 2.35. The third-order valence-electron chi connectivity index (χ3n) is 3.05. The average molecular weight is 294 g/mol. The van der Waals surface area contributed by atoms with Gasteiger partial charge in [0.25, 0.3) is 0 Å². The minimum absolute atomic E-state index is 0.147. The Hall–Kier alpha value is -1.74. The summed E-state index contributed by atoms with van der Waals surface area (Å²) in [5.41, 5.74) is 1.85. The summed E-state index contributed by atoms with van der Waals surface area (Å²) in [6, 6.07) is 12.4. The number of anilines is 1. The lowest BCUT2D eigenvalue weighted by Gasteiger charge is -2.18. The van der Waals surface area contributed by atoms with Crippen LogP contribution in [0.25, 0.3) is 0 Å². The first-order valence-electron chi connectivity index (χ1n) is 6.43. The molecule has 0 aliphatic rings. The molecule has 0 radical (unpaired) electrons. The van der Waals surface area contributed by atoms with E-state index in [1.165, 1.54) is 12.1 Å². The van der Waals surface area contributed by atoms with E-state index in [0.717, 1.165) is 23.4 Å². The quantitative estimate of drug-likeness (QED) is 0.874. The minimum atomic E-state index is -0.335. The highest BCUT2D eigenvalue weighted by Crippen LogP contribution is 2.25. The van der Waals surface area contributed by atoms with Crippen LogP contribution in [0.1, 0.15) is 12.5 Å². The van der Waals surface area contributed by atoms with E-state index in [1.54, 1.807) is 13.2 Å². The van der Waals surface area contributed by atoms with Gasteiger partial charge in [0, 0.05) is 6.04 Å². The lowest BCUT2D eigenvalue weighted by Crippen LogP contribution is -2.18. The molecule has 0 saturated heterocycles. The van der Waals surface area contributed by atoms with Crippen LogP contribution in [0.15, 0.2) is 42.5 Å². The van der Waals surface area contributed by atoms with Gasteiger partial charge in [-0.25, -0.2) is 4.39 Å². The van der Waals surface area contributed by atoms with Crippen molar-refractivity contribution >= 4 is 17.3 Å². The van der Waals surface area contributed by atoms with E-state index in [0.29, 0.717) is 5.02 Å². The van der Waals surface area contributed by atoms with Gasteiger partial charge in [-0.05, 0) is 43.2 Å². The molecule has 0 amide bonds. The molecule has 2 nitrogen and oxygen atoms in total. The van der Waals surface area contributed by atoms with E-state index in [2.05, 4.69) is 5.32 Å². The van der Waals surface area contributed by atoms with Crippen LogP contribution in [0.4, 0.5) is 10.1 Å². The number of ether oxygens (including phenoxy) is 1. The van der Waals surface area contributed by atoms with Gasteiger partial charge >= 0.3 is 0 Å². The summed E-state index contributed by atoms with van der Waals surface area (Å²) < 4.78 is 18.3. The highest BCUT2D eigenvalue weighted by atomic mass is 35.5. The predicted octanol–water partition coefficient (Wildman–Crippen LogP) is 4.53. The molecule has 0 fully saturated rings. The molecule has 1 N–H and O–H groups in total. The smallest absolute Gasteiger partial charge is 0.124 e. The summed E-state index contributed by atoms with van der Waals surface area (Å²) in [5, 5.41) is 3.67. The maximum absolute atomic E-state index is 13.0. The molecule has 20 heavy (non-hydrogen) atoms.